The Morgan fingerprint density at radius 3 is 2.41 bits per heavy atom. The molecule has 1 N–H and O–H groups in total. The van der Waals surface area contributed by atoms with Crippen molar-refractivity contribution < 1.29 is 14.7 Å². The van der Waals surface area contributed by atoms with Gasteiger partial charge in [-0.3, -0.25) is 14.6 Å². The second-order valence-electron chi connectivity index (χ2n) is 7.72. The number of hydrogen-bond donors (Lipinski definition) is 1. The molecule has 1 aliphatic heterocycles. The molecule has 1 saturated heterocycles. The first-order chi connectivity index (χ1) is 15.6. The first-order valence-electron chi connectivity index (χ1n) is 10.4. The van der Waals surface area contributed by atoms with Crippen LogP contribution in [0.3, 0.4) is 0 Å². The molecule has 1 fully saturated rings. The Kier molecular flexibility index (Phi) is 5.00. The van der Waals surface area contributed by atoms with E-state index < -0.39 is 17.7 Å². The number of nitrogens with zero attached hydrogens (tertiary/aromatic N) is 2. The molecule has 0 aliphatic carbocycles. The zero-order valence-corrected chi connectivity index (χ0v) is 17.2. The van der Waals surface area contributed by atoms with E-state index in [-0.39, 0.29) is 17.9 Å². The molecule has 1 unspecified atom stereocenters. The van der Waals surface area contributed by atoms with Gasteiger partial charge in [0.1, 0.15) is 5.76 Å². The quantitative estimate of drug-likeness (QED) is 0.291. The highest BCUT2D eigenvalue weighted by Crippen LogP contribution is 2.42. The van der Waals surface area contributed by atoms with E-state index in [0.717, 1.165) is 21.9 Å². The molecule has 1 aliphatic rings. The van der Waals surface area contributed by atoms with Crippen molar-refractivity contribution in [1.29, 1.82) is 0 Å². The van der Waals surface area contributed by atoms with Gasteiger partial charge in [-0.1, -0.05) is 78.9 Å². The van der Waals surface area contributed by atoms with E-state index in [1.54, 1.807) is 42.7 Å². The van der Waals surface area contributed by atoms with Crippen molar-refractivity contribution in [3.8, 4) is 0 Å². The van der Waals surface area contributed by atoms with Crippen molar-refractivity contribution in [2.45, 2.75) is 12.6 Å². The number of ketones is 1. The summed E-state index contributed by atoms with van der Waals surface area (Å²) >= 11 is 0. The van der Waals surface area contributed by atoms with E-state index in [4.69, 9.17) is 0 Å². The molecule has 1 aromatic heterocycles. The third-order valence-corrected chi connectivity index (χ3v) is 5.78. The topological polar surface area (TPSA) is 70.5 Å². The average Bonchev–Trinajstić information content (AvgIpc) is 3.09. The minimum Gasteiger partial charge on any atom is -0.507 e. The molecule has 0 radical (unpaired) electrons. The van der Waals surface area contributed by atoms with Crippen LogP contribution in [0.4, 0.5) is 0 Å². The second kappa shape index (κ2) is 8.12. The molecule has 32 heavy (non-hydrogen) atoms. The van der Waals surface area contributed by atoms with Crippen LogP contribution in [0.15, 0.2) is 103 Å². The van der Waals surface area contributed by atoms with Gasteiger partial charge in [-0.05, 0) is 28.0 Å². The Bertz CT molecular complexity index is 1340. The number of likely N-dealkylation sites (tertiary alicyclic amines) is 1. The van der Waals surface area contributed by atoms with Crippen LogP contribution in [0.1, 0.15) is 22.7 Å². The number of aliphatic hydroxyl groups is 1. The summed E-state index contributed by atoms with van der Waals surface area (Å²) in [7, 11) is 0. The van der Waals surface area contributed by atoms with E-state index in [1.807, 2.05) is 54.6 Å². The fourth-order valence-electron chi connectivity index (χ4n) is 4.30. The van der Waals surface area contributed by atoms with Crippen LogP contribution in [0.25, 0.3) is 16.5 Å². The average molecular weight is 420 g/mol. The summed E-state index contributed by atoms with van der Waals surface area (Å²) in [6.07, 6.45) is 3.34. The minimum atomic E-state index is -0.721. The predicted octanol–water partition coefficient (Wildman–Crippen LogP) is 4.86. The number of Topliss-reactive ketones (excluding diaryl/α,β-unsaturated/α-hetero) is 1. The van der Waals surface area contributed by atoms with Gasteiger partial charge < -0.3 is 10.0 Å². The van der Waals surface area contributed by atoms with Crippen LogP contribution in [0.5, 0.6) is 0 Å². The third kappa shape index (κ3) is 3.34. The van der Waals surface area contributed by atoms with Gasteiger partial charge in [-0.25, -0.2) is 0 Å². The van der Waals surface area contributed by atoms with Crippen molar-refractivity contribution in [3.63, 3.8) is 0 Å². The Morgan fingerprint density at radius 2 is 1.62 bits per heavy atom. The van der Waals surface area contributed by atoms with E-state index >= 15 is 0 Å². The number of pyridine rings is 1. The van der Waals surface area contributed by atoms with Gasteiger partial charge in [0, 0.05) is 24.5 Å². The van der Waals surface area contributed by atoms with Crippen LogP contribution in [0.2, 0.25) is 0 Å². The van der Waals surface area contributed by atoms with Gasteiger partial charge in [-0.2, -0.15) is 0 Å². The van der Waals surface area contributed by atoms with E-state index in [2.05, 4.69) is 4.98 Å². The summed E-state index contributed by atoms with van der Waals surface area (Å²) in [4.78, 5) is 32.1. The molecule has 3 aromatic carbocycles. The Labute approximate surface area is 185 Å². The van der Waals surface area contributed by atoms with Crippen LogP contribution < -0.4 is 0 Å². The number of carbonyl (C=O) groups excluding carboxylic acids is 2. The fraction of sp³-hybridized carbons (Fsp3) is 0.0741. The largest absolute Gasteiger partial charge is 0.507 e. The Morgan fingerprint density at radius 1 is 0.875 bits per heavy atom. The van der Waals surface area contributed by atoms with Crippen molar-refractivity contribution in [2.75, 3.05) is 0 Å². The molecule has 5 nitrogen and oxygen atoms in total. The maximum absolute atomic E-state index is 13.2. The molecule has 4 aromatic rings. The fourth-order valence-corrected chi connectivity index (χ4v) is 4.30. The smallest absolute Gasteiger partial charge is 0.295 e. The van der Waals surface area contributed by atoms with E-state index in [1.165, 1.54) is 4.90 Å². The van der Waals surface area contributed by atoms with Gasteiger partial charge >= 0.3 is 0 Å². The predicted molar refractivity (Wildman–Crippen MR) is 122 cm³/mol. The number of amides is 1. The lowest BCUT2D eigenvalue weighted by Gasteiger charge is -2.26. The molecule has 0 bridgehead atoms. The van der Waals surface area contributed by atoms with Crippen LogP contribution in [-0.2, 0) is 16.1 Å². The second-order valence-corrected chi connectivity index (χ2v) is 7.72. The molecule has 2 heterocycles. The SMILES string of the molecule is O=C1C(=O)N(Cc2cccnc2)C(c2cccc3ccccc23)/C1=C(/O)c1ccccc1. The Hall–Kier alpha value is -4.25. The molecular formula is C27H20N2O3. The molecular weight excluding hydrogens is 400 g/mol. The number of carbonyl (C=O) groups is 2. The number of aromatic nitrogens is 1. The summed E-state index contributed by atoms with van der Waals surface area (Å²) in [5, 5.41) is 13.1. The summed E-state index contributed by atoms with van der Waals surface area (Å²) in [5.41, 5.74) is 2.20. The van der Waals surface area contributed by atoms with Crippen molar-refractivity contribution in [2.24, 2.45) is 0 Å². The van der Waals surface area contributed by atoms with Crippen molar-refractivity contribution in [3.05, 3.63) is 120 Å². The number of fused-ring (bicyclic) bond motifs is 1. The van der Waals surface area contributed by atoms with Crippen molar-refractivity contribution >= 4 is 28.2 Å². The highest BCUT2D eigenvalue weighted by molar-refractivity contribution is 6.46. The standard InChI is InChI=1S/C27H20N2O3/c30-25(20-10-2-1-3-11-20)23-24(22-14-6-12-19-9-4-5-13-21(19)22)29(27(32)26(23)31)17-18-8-7-15-28-16-18/h1-16,24,30H,17H2/b25-23-. The summed E-state index contributed by atoms with van der Waals surface area (Å²) in [6.45, 7) is 0.206. The van der Waals surface area contributed by atoms with Gasteiger partial charge in [0.05, 0.1) is 11.6 Å². The molecule has 5 rings (SSSR count). The number of aliphatic hydroxyl groups excluding tert-OH is 1. The maximum atomic E-state index is 13.2. The molecule has 1 atom stereocenters. The monoisotopic (exact) mass is 420 g/mol. The van der Waals surface area contributed by atoms with Crippen molar-refractivity contribution in [1.82, 2.24) is 9.88 Å². The van der Waals surface area contributed by atoms with E-state index in [9.17, 15) is 14.7 Å². The molecule has 156 valence electrons. The van der Waals surface area contributed by atoms with Gasteiger partial charge in [0.25, 0.3) is 11.7 Å². The lowest BCUT2D eigenvalue weighted by molar-refractivity contribution is -0.140. The van der Waals surface area contributed by atoms with Gasteiger partial charge in [0.2, 0.25) is 0 Å². The number of rotatable bonds is 4. The first-order valence-corrected chi connectivity index (χ1v) is 10.4. The first kappa shape index (κ1) is 19.7. The molecule has 0 spiro atoms. The normalized spacial score (nSPS) is 17.8. The summed E-state index contributed by atoms with van der Waals surface area (Å²) in [6, 6.07) is 25.4. The number of benzene rings is 3. The lowest BCUT2D eigenvalue weighted by atomic mass is 9.91. The number of hydrogen-bond acceptors (Lipinski definition) is 4. The van der Waals surface area contributed by atoms with Crippen LogP contribution >= 0.6 is 0 Å². The molecule has 5 heteroatoms. The summed E-state index contributed by atoms with van der Waals surface area (Å²) in [5.74, 6) is -1.49. The van der Waals surface area contributed by atoms with Crippen LogP contribution in [0, 0.1) is 0 Å². The third-order valence-electron chi connectivity index (χ3n) is 5.78. The zero-order valence-electron chi connectivity index (χ0n) is 17.2. The highest BCUT2D eigenvalue weighted by atomic mass is 16.3. The highest BCUT2D eigenvalue weighted by Gasteiger charge is 2.46. The molecule has 1 amide bonds. The van der Waals surface area contributed by atoms with Gasteiger partial charge in [-0.15, -0.1) is 0 Å². The molecule has 0 saturated carbocycles. The van der Waals surface area contributed by atoms with Gasteiger partial charge in [0.15, 0.2) is 0 Å². The summed E-state index contributed by atoms with van der Waals surface area (Å²) < 4.78 is 0. The van der Waals surface area contributed by atoms with E-state index in [0.29, 0.717) is 5.56 Å². The zero-order chi connectivity index (χ0) is 22.1. The lowest BCUT2D eigenvalue weighted by Crippen LogP contribution is -2.29. The minimum absolute atomic E-state index is 0.0986. The Balaban J connectivity index is 1.74. The van der Waals surface area contributed by atoms with Crippen LogP contribution in [-0.4, -0.2) is 26.7 Å². The maximum Gasteiger partial charge on any atom is 0.295 e.